The van der Waals surface area contributed by atoms with Crippen LogP contribution in [0.5, 0.6) is 0 Å². The molecule has 1 saturated heterocycles. The summed E-state index contributed by atoms with van der Waals surface area (Å²) < 4.78 is 10.2. The normalized spacial score (nSPS) is 29.1. The van der Waals surface area contributed by atoms with Crippen LogP contribution in [0.2, 0.25) is 0 Å². The molecule has 0 aromatic carbocycles. The molecule has 0 spiro atoms. The van der Waals surface area contributed by atoms with Gasteiger partial charge in [-0.1, -0.05) is 0 Å². The van der Waals surface area contributed by atoms with Gasteiger partial charge in [-0.3, -0.25) is 4.79 Å². The minimum absolute atomic E-state index is 0.110. The first-order valence-electron chi connectivity index (χ1n) is 6.78. The van der Waals surface area contributed by atoms with E-state index in [-0.39, 0.29) is 12.5 Å². The van der Waals surface area contributed by atoms with Gasteiger partial charge in [-0.15, -0.1) is 0 Å². The molecule has 1 aliphatic carbocycles. The van der Waals surface area contributed by atoms with E-state index in [0.717, 1.165) is 38.8 Å². The lowest BCUT2D eigenvalue weighted by Crippen LogP contribution is -2.53. The summed E-state index contributed by atoms with van der Waals surface area (Å²) in [5.74, 6) is 0.110. The van der Waals surface area contributed by atoms with E-state index in [0.29, 0.717) is 18.2 Å². The first-order valence-corrected chi connectivity index (χ1v) is 6.78. The molecule has 0 atom stereocenters. The fourth-order valence-corrected chi connectivity index (χ4v) is 2.74. The Kier molecular flexibility index (Phi) is 4.97. The number of nitrogens with one attached hydrogen (secondary N) is 1. The van der Waals surface area contributed by atoms with Crippen molar-refractivity contribution in [3.8, 4) is 0 Å². The van der Waals surface area contributed by atoms with Crippen molar-refractivity contribution in [2.45, 2.75) is 43.9 Å². The summed E-state index contributed by atoms with van der Waals surface area (Å²) in [5, 5.41) is 3.66. The van der Waals surface area contributed by atoms with Crippen molar-refractivity contribution in [2.24, 2.45) is 0 Å². The third kappa shape index (κ3) is 3.43. The van der Waals surface area contributed by atoms with Gasteiger partial charge in [0.2, 0.25) is 5.91 Å². The van der Waals surface area contributed by atoms with Gasteiger partial charge >= 0.3 is 0 Å². The van der Waals surface area contributed by atoms with Gasteiger partial charge in [-0.05, 0) is 25.7 Å². The zero-order valence-electron chi connectivity index (χ0n) is 11.4. The molecule has 1 heterocycles. The van der Waals surface area contributed by atoms with Gasteiger partial charge in [-0.25, -0.2) is 0 Å². The fourth-order valence-electron chi connectivity index (χ4n) is 2.74. The molecule has 1 aliphatic heterocycles. The molecule has 2 aliphatic rings. The number of piperidine rings is 1. The molecule has 1 amide bonds. The highest BCUT2D eigenvalue weighted by atomic mass is 16.5. The van der Waals surface area contributed by atoms with E-state index < -0.39 is 0 Å². The Morgan fingerprint density at radius 3 is 2.44 bits per heavy atom. The van der Waals surface area contributed by atoms with Crippen LogP contribution in [0.1, 0.15) is 25.7 Å². The van der Waals surface area contributed by atoms with Crippen molar-refractivity contribution in [1.29, 1.82) is 0 Å². The summed E-state index contributed by atoms with van der Waals surface area (Å²) in [7, 11) is 3.34. The Bertz CT molecular complexity index is 271. The second-order valence-corrected chi connectivity index (χ2v) is 5.28. The average molecular weight is 256 g/mol. The molecule has 5 heteroatoms. The zero-order valence-corrected chi connectivity index (χ0v) is 11.4. The summed E-state index contributed by atoms with van der Waals surface area (Å²) in [6.45, 7) is 1.90. The van der Waals surface area contributed by atoms with Crippen molar-refractivity contribution < 1.29 is 14.3 Å². The van der Waals surface area contributed by atoms with Crippen LogP contribution in [0, 0.1) is 0 Å². The van der Waals surface area contributed by atoms with Crippen LogP contribution < -0.4 is 5.32 Å². The number of carbonyl (C=O) groups excluding carboxylic acids is 1. The highest BCUT2D eigenvalue weighted by molar-refractivity contribution is 5.77. The summed E-state index contributed by atoms with van der Waals surface area (Å²) in [6, 6.07) is 1.17. The highest BCUT2D eigenvalue weighted by Gasteiger charge is 2.31. The summed E-state index contributed by atoms with van der Waals surface area (Å²) in [6.07, 6.45) is 4.79. The molecule has 0 radical (unpaired) electrons. The topological polar surface area (TPSA) is 50.8 Å². The molecular weight excluding hydrogens is 232 g/mol. The van der Waals surface area contributed by atoms with Crippen molar-refractivity contribution >= 4 is 5.91 Å². The maximum Gasteiger partial charge on any atom is 0.248 e. The minimum atomic E-state index is 0.110. The van der Waals surface area contributed by atoms with Crippen molar-refractivity contribution in [3.05, 3.63) is 0 Å². The van der Waals surface area contributed by atoms with Gasteiger partial charge in [0.25, 0.3) is 0 Å². The number of nitrogens with zero attached hydrogens (tertiary/aromatic N) is 1. The van der Waals surface area contributed by atoms with Crippen LogP contribution >= 0.6 is 0 Å². The third-order valence-corrected chi connectivity index (χ3v) is 4.02. The Morgan fingerprint density at radius 2 is 1.89 bits per heavy atom. The lowest BCUT2D eigenvalue weighted by molar-refractivity contribution is -0.136. The summed E-state index contributed by atoms with van der Waals surface area (Å²) in [5.41, 5.74) is 0. The summed E-state index contributed by atoms with van der Waals surface area (Å²) >= 11 is 0. The zero-order chi connectivity index (χ0) is 13.0. The Morgan fingerprint density at radius 1 is 1.22 bits per heavy atom. The maximum atomic E-state index is 11.6. The van der Waals surface area contributed by atoms with Gasteiger partial charge in [0, 0.05) is 39.4 Å². The summed E-state index contributed by atoms with van der Waals surface area (Å²) in [4.78, 5) is 13.5. The van der Waals surface area contributed by atoms with E-state index in [9.17, 15) is 4.79 Å². The highest BCUT2D eigenvalue weighted by Crippen LogP contribution is 2.24. The number of ether oxygens (including phenoxy) is 2. The van der Waals surface area contributed by atoms with Crippen LogP contribution in [-0.2, 0) is 14.3 Å². The van der Waals surface area contributed by atoms with E-state index in [2.05, 4.69) is 5.32 Å². The van der Waals surface area contributed by atoms with Gasteiger partial charge in [-0.2, -0.15) is 0 Å². The van der Waals surface area contributed by atoms with E-state index in [1.807, 2.05) is 4.90 Å². The number of hydrogen-bond acceptors (Lipinski definition) is 4. The first-order chi connectivity index (χ1) is 8.72. The number of carbonyl (C=O) groups is 1. The monoisotopic (exact) mass is 256 g/mol. The number of likely N-dealkylation sites (tertiary alicyclic amines) is 1. The maximum absolute atomic E-state index is 11.6. The smallest absolute Gasteiger partial charge is 0.248 e. The molecule has 0 bridgehead atoms. The Labute approximate surface area is 109 Å². The second-order valence-electron chi connectivity index (χ2n) is 5.28. The third-order valence-electron chi connectivity index (χ3n) is 4.02. The van der Waals surface area contributed by atoms with Crippen LogP contribution in [0.15, 0.2) is 0 Å². The number of amides is 1. The van der Waals surface area contributed by atoms with E-state index in [1.165, 1.54) is 0 Å². The number of methoxy groups -OCH3 is 2. The molecule has 2 fully saturated rings. The molecular formula is C13H24N2O3. The van der Waals surface area contributed by atoms with E-state index in [4.69, 9.17) is 9.47 Å². The number of rotatable bonds is 5. The van der Waals surface area contributed by atoms with E-state index in [1.54, 1.807) is 14.2 Å². The molecule has 104 valence electrons. The van der Waals surface area contributed by atoms with Crippen LogP contribution in [0.25, 0.3) is 0 Å². The van der Waals surface area contributed by atoms with Crippen molar-refractivity contribution in [2.75, 3.05) is 33.9 Å². The second kappa shape index (κ2) is 6.50. The lowest BCUT2D eigenvalue weighted by atomic mass is 9.88. The molecule has 0 aromatic heterocycles. The van der Waals surface area contributed by atoms with Crippen molar-refractivity contribution in [3.63, 3.8) is 0 Å². The molecule has 1 saturated carbocycles. The predicted octanol–water partition coefficient (Wildman–Crippen LogP) is 0.391. The molecule has 0 unspecified atom stereocenters. The van der Waals surface area contributed by atoms with Gasteiger partial charge in [0.1, 0.15) is 6.61 Å². The minimum Gasteiger partial charge on any atom is -0.381 e. The molecule has 1 N–H and O–H groups in total. The van der Waals surface area contributed by atoms with Gasteiger partial charge < -0.3 is 19.7 Å². The SMILES string of the molecule is COCC(=O)N1CCC(NC2CC(OC)C2)CC1. The standard InChI is InChI=1S/C13H24N2O3/c1-17-9-13(16)15-5-3-10(4-6-15)14-11-7-12(8-11)18-2/h10-12,14H,3-9H2,1-2H3. The van der Waals surface area contributed by atoms with Crippen molar-refractivity contribution in [1.82, 2.24) is 10.2 Å². The molecule has 18 heavy (non-hydrogen) atoms. The Hall–Kier alpha value is -0.650. The predicted molar refractivity (Wildman–Crippen MR) is 68.4 cm³/mol. The van der Waals surface area contributed by atoms with Gasteiger partial charge in [0.15, 0.2) is 0 Å². The van der Waals surface area contributed by atoms with Crippen LogP contribution in [0.3, 0.4) is 0 Å². The quantitative estimate of drug-likeness (QED) is 0.773. The largest absolute Gasteiger partial charge is 0.381 e. The van der Waals surface area contributed by atoms with E-state index >= 15 is 0 Å². The van der Waals surface area contributed by atoms with Gasteiger partial charge in [0.05, 0.1) is 6.10 Å². The fraction of sp³-hybridized carbons (Fsp3) is 0.923. The molecule has 5 nitrogen and oxygen atoms in total. The van der Waals surface area contributed by atoms with Crippen LogP contribution in [0.4, 0.5) is 0 Å². The average Bonchev–Trinajstić information content (AvgIpc) is 2.34. The Balaban J connectivity index is 1.63. The number of hydrogen-bond donors (Lipinski definition) is 1. The molecule has 0 aromatic rings. The molecule has 2 rings (SSSR count). The lowest BCUT2D eigenvalue weighted by Gasteiger charge is -2.40. The first kappa shape index (κ1) is 13.8. The van der Waals surface area contributed by atoms with Crippen LogP contribution in [-0.4, -0.2) is 62.9 Å².